The predicted octanol–water partition coefficient (Wildman–Crippen LogP) is 2.36. The third-order valence-corrected chi connectivity index (χ3v) is 3.54. The molecule has 2 aromatic rings. The molecule has 0 spiro atoms. The first-order valence-electron chi connectivity index (χ1n) is 5.75. The molecule has 0 bridgehead atoms. The van der Waals surface area contributed by atoms with Crippen LogP contribution < -0.4 is 5.32 Å². The van der Waals surface area contributed by atoms with E-state index in [9.17, 15) is 0 Å². The summed E-state index contributed by atoms with van der Waals surface area (Å²) in [6.07, 6.45) is 0. The van der Waals surface area contributed by atoms with Gasteiger partial charge in [-0.1, -0.05) is 34.8 Å². The third kappa shape index (κ3) is 3.59. The first kappa shape index (κ1) is 15.5. The quantitative estimate of drug-likeness (QED) is 0.648. The van der Waals surface area contributed by atoms with Gasteiger partial charge in [-0.05, 0) is 22.6 Å². The molecule has 0 aliphatic rings. The van der Waals surface area contributed by atoms with Crippen LogP contribution in [0.15, 0.2) is 12.1 Å². The topological polar surface area (TPSA) is 64.9 Å². The molecule has 1 heterocycles. The van der Waals surface area contributed by atoms with Crippen molar-refractivity contribution in [3.05, 3.63) is 33.0 Å². The van der Waals surface area contributed by atoms with Gasteiger partial charge in [0.15, 0.2) is 5.82 Å². The van der Waals surface area contributed by atoms with Crippen molar-refractivity contribution in [2.75, 3.05) is 20.3 Å². The van der Waals surface area contributed by atoms with Crippen LogP contribution in [0.3, 0.4) is 0 Å². The maximum absolute atomic E-state index is 6.15. The minimum atomic E-state index is 0.383. The Balaban J connectivity index is 2.21. The summed E-state index contributed by atoms with van der Waals surface area (Å²) in [7, 11) is 1.64. The molecule has 0 fully saturated rings. The normalized spacial score (nSPS) is 11.0. The highest BCUT2D eigenvalue weighted by Gasteiger charge is 2.13. The number of tetrazole rings is 1. The number of nitrogens with one attached hydrogen (secondary N) is 1. The van der Waals surface area contributed by atoms with E-state index >= 15 is 0 Å². The summed E-state index contributed by atoms with van der Waals surface area (Å²) in [6, 6.07) is 3.19. The second kappa shape index (κ2) is 7.19. The Kier molecular flexibility index (Phi) is 5.56. The lowest BCUT2D eigenvalue weighted by molar-refractivity contribution is 0.199. The molecule has 0 aliphatic carbocycles. The molecule has 108 valence electrons. The Bertz CT molecular complexity index is 589. The highest BCUT2D eigenvalue weighted by molar-refractivity contribution is 6.43. The predicted molar refractivity (Wildman–Crippen MR) is 77.8 cm³/mol. The van der Waals surface area contributed by atoms with E-state index in [0.29, 0.717) is 46.3 Å². The van der Waals surface area contributed by atoms with Gasteiger partial charge in [0, 0.05) is 13.7 Å². The van der Waals surface area contributed by atoms with E-state index in [4.69, 9.17) is 39.5 Å². The van der Waals surface area contributed by atoms with Crippen molar-refractivity contribution >= 4 is 34.8 Å². The van der Waals surface area contributed by atoms with E-state index in [1.807, 2.05) is 0 Å². The monoisotopic (exact) mass is 335 g/mol. The van der Waals surface area contributed by atoms with E-state index in [1.165, 1.54) is 4.68 Å². The molecule has 0 saturated heterocycles. The molecule has 2 rings (SSSR count). The van der Waals surface area contributed by atoms with Crippen LogP contribution in [0.25, 0.3) is 5.69 Å². The van der Waals surface area contributed by atoms with Crippen LogP contribution in [-0.4, -0.2) is 40.5 Å². The summed E-state index contributed by atoms with van der Waals surface area (Å²) >= 11 is 18.0. The number of halogens is 3. The summed E-state index contributed by atoms with van der Waals surface area (Å²) in [4.78, 5) is 0. The molecule has 0 radical (unpaired) electrons. The lowest BCUT2D eigenvalue weighted by Crippen LogP contribution is -2.21. The van der Waals surface area contributed by atoms with Crippen LogP contribution in [0.1, 0.15) is 5.82 Å². The maximum atomic E-state index is 6.15. The zero-order chi connectivity index (χ0) is 14.5. The van der Waals surface area contributed by atoms with Crippen molar-refractivity contribution in [1.82, 2.24) is 25.5 Å². The van der Waals surface area contributed by atoms with Crippen molar-refractivity contribution in [1.29, 1.82) is 0 Å². The zero-order valence-corrected chi connectivity index (χ0v) is 12.9. The number of nitrogens with zero attached hydrogens (tertiary/aromatic N) is 4. The van der Waals surface area contributed by atoms with Crippen LogP contribution in [0.4, 0.5) is 0 Å². The summed E-state index contributed by atoms with van der Waals surface area (Å²) in [5, 5.41) is 15.9. The largest absolute Gasteiger partial charge is 0.383 e. The van der Waals surface area contributed by atoms with Gasteiger partial charge in [0.25, 0.3) is 0 Å². The van der Waals surface area contributed by atoms with Crippen LogP contribution in [-0.2, 0) is 11.3 Å². The Morgan fingerprint density at radius 2 is 1.95 bits per heavy atom. The molecule has 1 aromatic carbocycles. The molecule has 0 saturated carbocycles. The molecular weight excluding hydrogens is 325 g/mol. The van der Waals surface area contributed by atoms with E-state index < -0.39 is 0 Å². The van der Waals surface area contributed by atoms with Crippen molar-refractivity contribution in [2.24, 2.45) is 0 Å². The van der Waals surface area contributed by atoms with Gasteiger partial charge in [0.05, 0.1) is 33.9 Å². The fourth-order valence-corrected chi connectivity index (χ4v) is 2.17. The summed E-state index contributed by atoms with van der Waals surface area (Å²) < 4.78 is 6.47. The number of hydrogen-bond acceptors (Lipinski definition) is 5. The zero-order valence-electron chi connectivity index (χ0n) is 10.6. The third-order valence-electron chi connectivity index (χ3n) is 2.52. The van der Waals surface area contributed by atoms with Gasteiger partial charge in [0.2, 0.25) is 0 Å². The Morgan fingerprint density at radius 3 is 2.70 bits per heavy atom. The standard InChI is InChI=1S/C11H12Cl3N5O/c1-20-3-2-15-6-11-16-17-18-19(11)10-5-8(13)7(12)4-9(10)14/h4-5,15H,2-3,6H2,1H3. The van der Waals surface area contributed by atoms with E-state index in [1.54, 1.807) is 19.2 Å². The van der Waals surface area contributed by atoms with Gasteiger partial charge in [0.1, 0.15) is 0 Å². The fraction of sp³-hybridized carbons (Fsp3) is 0.364. The number of hydrogen-bond donors (Lipinski definition) is 1. The van der Waals surface area contributed by atoms with E-state index in [0.717, 1.165) is 0 Å². The van der Waals surface area contributed by atoms with Gasteiger partial charge < -0.3 is 10.1 Å². The summed E-state index contributed by atoms with van der Waals surface area (Å²) in [5.41, 5.74) is 0.578. The average molecular weight is 337 g/mol. The van der Waals surface area contributed by atoms with Crippen molar-refractivity contribution in [2.45, 2.75) is 6.54 Å². The number of methoxy groups -OCH3 is 1. The second-order valence-electron chi connectivity index (χ2n) is 3.89. The molecule has 6 nitrogen and oxygen atoms in total. The van der Waals surface area contributed by atoms with Crippen LogP contribution >= 0.6 is 34.8 Å². The van der Waals surface area contributed by atoms with Gasteiger partial charge in [-0.25, -0.2) is 0 Å². The SMILES string of the molecule is COCCNCc1nnnn1-c1cc(Cl)c(Cl)cc1Cl. The number of ether oxygens (including phenoxy) is 1. The Hall–Kier alpha value is -0.920. The lowest BCUT2D eigenvalue weighted by Gasteiger charge is -2.08. The molecule has 0 aliphatic heterocycles. The lowest BCUT2D eigenvalue weighted by atomic mass is 10.3. The highest BCUT2D eigenvalue weighted by atomic mass is 35.5. The number of rotatable bonds is 6. The summed E-state index contributed by atoms with van der Waals surface area (Å²) in [5.74, 6) is 0.612. The minimum Gasteiger partial charge on any atom is -0.383 e. The molecule has 1 aromatic heterocycles. The number of benzene rings is 1. The molecular formula is C11H12Cl3N5O. The van der Waals surface area contributed by atoms with Gasteiger partial charge in [-0.15, -0.1) is 5.10 Å². The molecule has 9 heteroatoms. The first-order chi connectivity index (χ1) is 9.63. The Morgan fingerprint density at radius 1 is 1.20 bits per heavy atom. The first-order valence-corrected chi connectivity index (χ1v) is 6.88. The smallest absolute Gasteiger partial charge is 0.170 e. The molecule has 20 heavy (non-hydrogen) atoms. The van der Waals surface area contributed by atoms with Gasteiger partial charge in [-0.3, -0.25) is 0 Å². The van der Waals surface area contributed by atoms with Crippen molar-refractivity contribution < 1.29 is 4.74 Å². The maximum Gasteiger partial charge on any atom is 0.170 e. The van der Waals surface area contributed by atoms with Gasteiger partial charge in [-0.2, -0.15) is 4.68 Å². The van der Waals surface area contributed by atoms with Crippen LogP contribution in [0.2, 0.25) is 15.1 Å². The molecule has 0 atom stereocenters. The molecule has 0 unspecified atom stereocenters. The molecule has 0 amide bonds. The van der Waals surface area contributed by atoms with Crippen molar-refractivity contribution in [3.63, 3.8) is 0 Å². The highest BCUT2D eigenvalue weighted by Crippen LogP contribution is 2.31. The average Bonchev–Trinajstić information content (AvgIpc) is 2.87. The van der Waals surface area contributed by atoms with Gasteiger partial charge >= 0.3 is 0 Å². The summed E-state index contributed by atoms with van der Waals surface area (Å²) in [6.45, 7) is 1.78. The number of aromatic nitrogens is 4. The van der Waals surface area contributed by atoms with Crippen LogP contribution in [0, 0.1) is 0 Å². The van der Waals surface area contributed by atoms with E-state index in [-0.39, 0.29) is 0 Å². The van der Waals surface area contributed by atoms with E-state index in [2.05, 4.69) is 20.8 Å². The fourth-order valence-electron chi connectivity index (χ4n) is 1.55. The van der Waals surface area contributed by atoms with Crippen LogP contribution in [0.5, 0.6) is 0 Å². The molecule has 1 N–H and O–H groups in total. The Labute approximate surface area is 131 Å². The minimum absolute atomic E-state index is 0.383. The second-order valence-corrected chi connectivity index (χ2v) is 5.12. The van der Waals surface area contributed by atoms with Crippen molar-refractivity contribution in [3.8, 4) is 5.69 Å².